The Morgan fingerprint density at radius 2 is 1.83 bits per heavy atom. The highest BCUT2D eigenvalue weighted by molar-refractivity contribution is 7.80. The van der Waals surface area contributed by atoms with Crippen LogP contribution in [0.5, 0.6) is 0 Å². The molecule has 0 aliphatic heterocycles. The Morgan fingerprint density at radius 1 is 1.33 bits per heavy atom. The summed E-state index contributed by atoms with van der Waals surface area (Å²) in [6.07, 6.45) is 3.75. The molecule has 12 heavy (non-hydrogen) atoms. The molecule has 0 amide bonds. The van der Waals surface area contributed by atoms with Crippen molar-refractivity contribution in [2.24, 2.45) is 17.4 Å². The van der Waals surface area contributed by atoms with Gasteiger partial charge in [-0.05, 0) is 18.6 Å². The van der Waals surface area contributed by atoms with Crippen LogP contribution in [-0.2, 0) is 0 Å². The summed E-state index contributed by atoms with van der Waals surface area (Å²) in [5.74, 6) is 9.67. The van der Waals surface area contributed by atoms with Crippen molar-refractivity contribution in [1.29, 1.82) is 0 Å². The fourth-order valence-electron chi connectivity index (χ4n) is 0.477. The Kier molecular flexibility index (Phi) is 15.5. The summed E-state index contributed by atoms with van der Waals surface area (Å²) < 4.78 is 0. The molecule has 0 rings (SSSR count). The van der Waals surface area contributed by atoms with Crippen molar-refractivity contribution in [3.05, 3.63) is 0 Å². The van der Waals surface area contributed by atoms with Crippen LogP contribution in [0.25, 0.3) is 0 Å². The molecule has 0 saturated carbocycles. The van der Waals surface area contributed by atoms with Crippen LogP contribution < -0.4 is 28.3 Å². The van der Waals surface area contributed by atoms with Gasteiger partial charge in [-0.15, -0.1) is 0 Å². The van der Waals surface area contributed by atoms with Crippen LogP contribution in [0.4, 0.5) is 0 Å². The van der Waals surface area contributed by atoms with Gasteiger partial charge < -0.3 is 11.2 Å². The van der Waals surface area contributed by atoms with Crippen LogP contribution in [0, 0.1) is 0 Å². The van der Waals surface area contributed by atoms with Gasteiger partial charge in [0.25, 0.3) is 0 Å². The van der Waals surface area contributed by atoms with Crippen molar-refractivity contribution in [3.8, 4) is 0 Å². The van der Waals surface area contributed by atoms with Crippen molar-refractivity contribution in [2.45, 2.75) is 26.2 Å². The number of nitrogens with one attached hydrogen (secondary N) is 2. The predicted octanol–water partition coefficient (Wildman–Crippen LogP) is -0.667. The molecule has 0 aromatic rings. The standard InChI is InChI=1S/C5H14N2.CH5N3S/c1-2-3-4-5-7-6;2-1(5)4-3/h7H,2-6H2,1H3;3H2,(H3,2,4,5). The number of hydrogen-bond acceptors (Lipinski definition) is 4. The Bertz CT molecular complexity index is 93.9. The Balaban J connectivity index is 0. The minimum atomic E-state index is 0.116. The molecule has 0 aliphatic carbocycles. The lowest BCUT2D eigenvalue weighted by molar-refractivity contribution is 0.637. The van der Waals surface area contributed by atoms with E-state index >= 15 is 0 Å². The zero-order valence-corrected chi connectivity index (χ0v) is 8.29. The molecule has 0 saturated heterocycles. The SMILES string of the molecule is CCCCCNN.NNC(N)=S. The fourth-order valence-corrected chi connectivity index (χ4v) is 0.477. The quantitative estimate of drug-likeness (QED) is 0.176. The van der Waals surface area contributed by atoms with Gasteiger partial charge in [0, 0.05) is 6.54 Å². The summed E-state index contributed by atoms with van der Waals surface area (Å²) in [5.41, 5.74) is 9.43. The molecule has 5 nitrogen and oxygen atoms in total. The molecule has 0 heterocycles. The van der Waals surface area contributed by atoms with Crippen molar-refractivity contribution >= 4 is 17.3 Å². The summed E-state index contributed by atoms with van der Waals surface area (Å²) in [6.45, 7) is 3.13. The lowest BCUT2D eigenvalue weighted by Crippen LogP contribution is -2.34. The van der Waals surface area contributed by atoms with Crippen molar-refractivity contribution < 1.29 is 0 Å². The highest BCUT2D eigenvalue weighted by Crippen LogP contribution is 1.89. The number of thiocarbonyl (C=S) groups is 1. The topological polar surface area (TPSA) is 102 Å². The maximum absolute atomic E-state index is 5.02. The molecule has 0 atom stereocenters. The summed E-state index contributed by atoms with van der Waals surface area (Å²) in [4.78, 5) is 0. The van der Waals surface area contributed by atoms with E-state index in [1.54, 1.807) is 0 Å². The first-order valence-electron chi connectivity index (χ1n) is 3.88. The van der Waals surface area contributed by atoms with Crippen LogP contribution >= 0.6 is 12.2 Å². The average molecular weight is 193 g/mol. The fraction of sp³-hybridized carbons (Fsp3) is 0.833. The second-order valence-corrected chi connectivity index (χ2v) is 2.61. The van der Waals surface area contributed by atoms with E-state index in [9.17, 15) is 0 Å². The van der Waals surface area contributed by atoms with Gasteiger partial charge in [0.05, 0.1) is 0 Å². The molecule has 0 bridgehead atoms. The van der Waals surface area contributed by atoms with E-state index in [0.717, 1.165) is 6.54 Å². The molecule has 8 N–H and O–H groups in total. The molecular weight excluding hydrogens is 174 g/mol. The Labute approximate surface area is 79.0 Å². The first-order chi connectivity index (χ1) is 5.68. The Hall–Kier alpha value is -0.430. The number of nitrogens with two attached hydrogens (primary N) is 3. The van der Waals surface area contributed by atoms with Gasteiger partial charge in [-0.3, -0.25) is 11.3 Å². The summed E-state index contributed by atoms with van der Waals surface area (Å²) in [6, 6.07) is 0. The minimum absolute atomic E-state index is 0.116. The highest BCUT2D eigenvalue weighted by atomic mass is 32.1. The van der Waals surface area contributed by atoms with Crippen LogP contribution in [0.3, 0.4) is 0 Å². The molecule has 0 fully saturated rings. The normalized spacial score (nSPS) is 8.25. The number of hydrazine groups is 2. The molecule has 0 aliphatic rings. The van der Waals surface area contributed by atoms with E-state index in [1.807, 2.05) is 5.43 Å². The molecule has 0 radical (unpaired) electrons. The number of unbranched alkanes of at least 4 members (excludes halogenated alkanes) is 2. The average Bonchev–Trinajstić information content (AvgIpc) is 2.07. The smallest absolute Gasteiger partial charge is 0.177 e. The van der Waals surface area contributed by atoms with Gasteiger partial charge in [0.15, 0.2) is 5.11 Å². The summed E-state index contributed by atoms with van der Waals surface area (Å²) in [7, 11) is 0. The molecule has 0 spiro atoms. The first-order valence-corrected chi connectivity index (χ1v) is 4.29. The van der Waals surface area contributed by atoms with Crippen LogP contribution in [0.1, 0.15) is 26.2 Å². The molecule has 0 aromatic carbocycles. The lowest BCUT2D eigenvalue weighted by Gasteiger charge is -1.93. The number of hydrogen-bond donors (Lipinski definition) is 5. The maximum Gasteiger partial charge on any atom is 0.177 e. The van der Waals surface area contributed by atoms with E-state index < -0.39 is 0 Å². The third kappa shape index (κ3) is 22.7. The molecular formula is C6H19N5S. The lowest BCUT2D eigenvalue weighted by atomic mass is 10.3. The van der Waals surface area contributed by atoms with Crippen LogP contribution in [0.15, 0.2) is 0 Å². The molecule has 0 aromatic heterocycles. The highest BCUT2D eigenvalue weighted by Gasteiger charge is 1.79. The van der Waals surface area contributed by atoms with E-state index in [0.29, 0.717) is 0 Å². The van der Waals surface area contributed by atoms with Gasteiger partial charge in [-0.1, -0.05) is 19.8 Å². The Morgan fingerprint density at radius 3 is 2.08 bits per heavy atom. The molecule has 0 unspecified atom stereocenters. The minimum Gasteiger partial charge on any atom is -0.375 e. The van der Waals surface area contributed by atoms with Gasteiger partial charge in [-0.25, -0.2) is 5.84 Å². The monoisotopic (exact) mass is 193 g/mol. The summed E-state index contributed by atoms with van der Waals surface area (Å²) >= 11 is 4.24. The van der Waals surface area contributed by atoms with Gasteiger partial charge in [-0.2, -0.15) is 0 Å². The van der Waals surface area contributed by atoms with Gasteiger partial charge >= 0.3 is 0 Å². The van der Waals surface area contributed by atoms with E-state index in [-0.39, 0.29) is 5.11 Å². The van der Waals surface area contributed by atoms with E-state index in [4.69, 9.17) is 11.6 Å². The third-order valence-corrected chi connectivity index (χ3v) is 1.18. The largest absolute Gasteiger partial charge is 0.375 e. The van der Waals surface area contributed by atoms with Crippen molar-refractivity contribution in [2.75, 3.05) is 6.54 Å². The third-order valence-electron chi connectivity index (χ3n) is 1.07. The van der Waals surface area contributed by atoms with Crippen molar-refractivity contribution in [3.63, 3.8) is 0 Å². The maximum atomic E-state index is 5.02. The van der Waals surface area contributed by atoms with E-state index in [2.05, 4.69) is 30.4 Å². The van der Waals surface area contributed by atoms with Crippen LogP contribution in [-0.4, -0.2) is 11.7 Å². The van der Waals surface area contributed by atoms with Crippen LogP contribution in [0.2, 0.25) is 0 Å². The second-order valence-electron chi connectivity index (χ2n) is 2.17. The second kappa shape index (κ2) is 13.2. The van der Waals surface area contributed by atoms with Gasteiger partial charge in [0.2, 0.25) is 0 Å². The first kappa shape index (κ1) is 14.1. The number of rotatable bonds is 4. The van der Waals surface area contributed by atoms with E-state index in [1.165, 1.54) is 19.3 Å². The zero-order valence-electron chi connectivity index (χ0n) is 7.47. The molecule has 74 valence electrons. The summed E-state index contributed by atoms with van der Waals surface area (Å²) in [5, 5.41) is 0.116. The zero-order chi connectivity index (χ0) is 9.82. The predicted molar refractivity (Wildman–Crippen MR) is 55.8 cm³/mol. The van der Waals surface area contributed by atoms with Gasteiger partial charge in [0.1, 0.15) is 0 Å². The molecule has 6 heteroatoms. The van der Waals surface area contributed by atoms with Crippen molar-refractivity contribution in [1.82, 2.24) is 10.9 Å².